The molecule has 126 valence electrons. The molecule has 1 N–H and O–H groups in total. The van der Waals surface area contributed by atoms with Crippen LogP contribution in [0.1, 0.15) is 63.2 Å². The third-order valence-electron chi connectivity index (χ3n) is 6.79. The molecular weight excluding hydrogens is 302 g/mol. The van der Waals surface area contributed by atoms with Crippen molar-refractivity contribution in [1.82, 2.24) is 5.32 Å². The highest BCUT2D eigenvalue weighted by Crippen LogP contribution is 2.61. The summed E-state index contributed by atoms with van der Waals surface area (Å²) in [5.41, 5.74) is 0.429. The summed E-state index contributed by atoms with van der Waals surface area (Å²) in [6.45, 7) is 2.28. The van der Waals surface area contributed by atoms with Gasteiger partial charge in [-0.1, -0.05) is 6.07 Å². The normalized spacial score (nSPS) is 36.1. The van der Waals surface area contributed by atoms with E-state index < -0.39 is 0 Å². The van der Waals surface area contributed by atoms with Gasteiger partial charge in [-0.2, -0.15) is 0 Å². The van der Waals surface area contributed by atoms with Crippen molar-refractivity contribution in [2.45, 2.75) is 70.8 Å². The van der Waals surface area contributed by atoms with Crippen molar-refractivity contribution in [1.29, 1.82) is 0 Å². The predicted octanol–water partition coefficient (Wildman–Crippen LogP) is 4.79. The summed E-state index contributed by atoms with van der Waals surface area (Å²) < 4.78 is 0. The fourth-order valence-corrected chi connectivity index (χ4v) is 6.80. The lowest BCUT2D eigenvalue weighted by atomic mass is 9.48. The molecule has 1 atom stereocenters. The van der Waals surface area contributed by atoms with E-state index in [1.807, 2.05) is 0 Å². The van der Waals surface area contributed by atoms with Crippen LogP contribution in [0, 0.1) is 23.2 Å². The van der Waals surface area contributed by atoms with Crippen LogP contribution in [0.15, 0.2) is 17.5 Å². The van der Waals surface area contributed by atoms with Gasteiger partial charge in [0.1, 0.15) is 0 Å². The first-order chi connectivity index (χ1) is 11.1. The van der Waals surface area contributed by atoms with Crippen molar-refractivity contribution in [3.63, 3.8) is 0 Å². The first-order valence-corrected chi connectivity index (χ1v) is 10.3. The summed E-state index contributed by atoms with van der Waals surface area (Å²) in [6, 6.07) is 4.63. The second-order valence-electron chi connectivity index (χ2n) is 8.50. The topological polar surface area (TPSA) is 29.1 Å². The molecule has 4 fully saturated rings. The maximum absolute atomic E-state index is 12.4. The quantitative estimate of drug-likeness (QED) is 0.797. The summed E-state index contributed by atoms with van der Waals surface area (Å²) in [7, 11) is 0. The molecule has 23 heavy (non-hydrogen) atoms. The highest BCUT2D eigenvalue weighted by atomic mass is 32.1. The van der Waals surface area contributed by atoms with Gasteiger partial charge in [0.25, 0.3) is 0 Å². The Hall–Kier alpha value is -0.830. The number of aryl methyl sites for hydroxylation is 1. The molecule has 3 heteroatoms. The van der Waals surface area contributed by atoms with Crippen LogP contribution in [0.3, 0.4) is 0 Å². The van der Waals surface area contributed by atoms with E-state index in [0.29, 0.717) is 17.9 Å². The average Bonchev–Trinajstić information content (AvgIpc) is 2.99. The molecule has 1 heterocycles. The van der Waals surface area contributed by atoms with Crippen molar-refractivity contribution >= 4 is 17.2 Å². The summed E-state index contributed by atoms with van der Waals surface area (Å²) >= 11 is 1.80. The second-order valence-corrected chi connectivity index (χ2v) is 9.53. The minimum absolute atomic E-state index is 0.268. The summed E-state index contributed by atoms with van der Waals surface area (Å²) in [4.78, 5) is 13.8. The number of carbonyl (C=O) groups is 1. The molecule has 4 saturated carbocycles. The lowest BCUT2D eigenvalue weighted by Crippen LogP contribution is -2.55. The Balaban J connectivity index is 1.29. The Morgan fingerprint density at radius 2 is 1.91 bits per heavy atom. The van der Waals surface area contributed by atoms with Crippen LogP contribution in [0.25, 0.3) is 0 Å². The summed E-state index contributed by atoms with van der Waals surface area (Å²) in [5.74, 6) is 3.14. The fraction of sp³-hybridized carbons (Fsp3) is 0.750. The third kappa shape index (κ3) is 3.22. The van der Waals surface area contributed by atoms with Gasteiger partial charge in [0, 0.05) is 17.3 Å². The molecule has 0 radical (unpaired) electrons. The first kappa shape index (κ1) is 15.7. The molecule has 5 rings (SSSR count). The Bertz CT molecular complexity index is 515. The molecule has 1 unspecified atom stereocenters. The molecule has 4 bridgehead atoms. The molecule has 0 saturated heterocycles. The van der Waals surface area contributed by atoms with Crippen molar-refractivity contribution < 1.29 is 4.79 Å². The highest BCUT2D eigenvalue weighted by Gasteiger charge is 2.53. The van der Waals surface area contributed by atoms with Crippen LogP contribution in [-0.2, 0) is 11.2 Å². The van der Waals surface area contributed by atoms with E-state index in [9.17, 15) is 4.79 Å². The van der Waals surface area contributed by atoms with Gasteiger partial charge in [0.05, 0.1) is 0 Å². The van der Waals surface area contributed by atoms with Gasteiger partial charge < -0.3 is 5.32 Å². The number of hydrogen-bond donors (Lipinski definition) is 1. The molecular formula is C20H29NOS. The van der Waals surface area contributed by atoms with Crippen LogP contribution in [0.5, 0.6) is 0 Å². The fourth-order valence-electron chi connectivity index (χ4n) is 6.05. The van der Waals surface area contributed by atoms with E-state index in [1.54, 1.807) is 11.3 Å². The number of nitrogens with one attached hydrogen (secondary N) is 1. The van der Waals surface area contributed by atoms with Crippen molar-refractivity contribution in [3.8, 4) is 0 Å². The predicted molar refractivity (Wildman–Crippen MR) is 95.5 cm³/mol. The second kappa shape index (κ2) is 6.23. The number of amides is 1. The lowest BCUT2D eigenvalue weighted by Gasteiger charge is -2.59. The Morgan fingerprint density at radius 1 is 1.26 bits per heavy atom. The van der Waals surface area contributed by atoms with Gasteiger partial charge in [-0.05, 0) is 92.9 Å². The zero-order chi connectivity index (χ0) is 15.9. The Labute approximate surface area is 144 Å². The Kier molecular flexibility index (Phi) is 4.25. The van der Waals surface area contributed by atoms with Crippen LogP contribution < -0.4 is 5.32 Å². The van der Waals surface area contributed by atoms with Gasteiger partial charge in [-0.15, -0.1) is 11.3 Å². The molecule has 0 aromatic carbocycles. The van der Waals surface area contributed by atoms with Crippen LogP contribution in [0.4, 0.5) is 0 Å². The van der Waals surface area contributed by atoms with E-state index in [4.69, 9.17) is 0 Å². The smallest absolute Gasteiger partial charge is 0.220 e. The zero-order valence-electron chi connectivity index (χ0n) is 14.2. The average molecular weight is 332 g/mol. The summed E-state index contributed by atoms with van der Waals surface area (Å²) in [5, 5.41) is 5.50. The minimum Gasteiger partial charge on any atom is -0.353 e. The van der Waals surface area contributed by atoms with Crippen LogP contribution in [-0.4, -0.2) is 11.9 Å². The van der Waals surface area contributed by atoms with Gasteiger partial charge in [0.15, 0.2) is 0 Å². The molecule has 2 nitrogen and oxygen atoms in total. The molecule has 1 aromatic heterocycles. The van der Waals surface area contributed by atoms with Crippen molar-refractivity contribution in [2.24, 2.45) is 23.2 Å². The number of carbonyl (C=O) groups excluding carboxylic acids is 1. The number of hydrogen-bond acceptors (Lipinski definition) is 2. The van der Waals surface area contributed by atoms with Gasteiger partial charge >= 0.3 is 0 Å². The first-order valence-electron chi connectivity index (χ1n) is 9.45. The lowest BCUT2D eigenvalue weighted by molar-refractivity contribution is -0.126. The third-order valence-corrected chi connectivity index (χ3v) is 7.72. The van der Waals surface area contributed by atoms with E-state index >= 15 is 0 Å². The van der Waals surface area contributed by atoms with E-state index in [1.165, 1.54) is 43.4 Å². The molecule has 4 aliphatic rings. The molecule has 1 amide bonds. The zero-order valence-corrected chi connectivity index (χ0v) is 15.0. The standard InChI is InChI=1S/C20H29NOS/c1-14(21-19(22)6-2-4-18-5-3-7-23-18)20-11-15-8-16(12-20)10-17(9-15)13-20/h3,5,7,14-17H,2,4,6,8-13H2,1H3,(H,21,22). The highest BCUT2D eigenvalue weighted by molar-refractivity contribution is 7.09. The van der Waals surface area contributed by atoms with Crippen LogP contribution in [0.2, 0.25) is 0 Å². The summed E-state index contributed by atoms with van der Waals surface area (Å²) in [6.07, 6.45) is 11.2. The Morgan fingerprint density at radius 3 is 2.48 bits per heavy atom. The monoisotopic (exact) mass is 331 g/mol. The number of rotatable bonds is 6. The van der Waals surface area contributed by atoms with E-state index in [0.717, 1.165) is 30.6 Å². The van der Waals surface area contributed by atoms with Gasteiger partial charge in [-0.3, -0.25) is 4.79 Å². The molecule has 0 aliphatic heterocycles. The maximum atomic E-state index is 12.4. The molecule has 4 aliphatic carbocycles. The maximum Gasteiger partial charge on any atom is 0.220 e. The van der Waals surface area contributed by atoms with Crippen molar-refractivity contribution in [3.05, 3.63) is 22.4 Å². The van der Waals surface area contributed by atoms with Gasteiger partial charge in [0.2, 0.25) is 5.91 Å². The number of thiophene rings is 1. The minimum atomic E-state index is 0.268. The molecule has 0 spiro atoms. The van der Waals surface area contributed by atoms with Crippen LogP contribution >= 0.6 is 11.3 Å². The molecule has 1 aromatic rings. The van der Waals surface area contributed by atoms with E-state index in [-0.39, 0.29) is 5.91 Å². The largest absolute Gasteiger partial charge is 0.353 e. The SMILES string of the molecule is CC(NC(=O)CCCc1cccs1)C12CC3CC(CC(C3)C1)C2. The van der Waals surface area contributed by atoms with Crippen molar-refractivity contribution in [2.75, 3.05) is 0 Å². The van der Waals surface area contributed by atoms with Gasteiger partial charge in [-0.25, -0.2) is 0 Å². The van der Waals surface area contributed by atoms with E-state index in [2.05, 4.69) is 29.8 Å².